The Bertz CT molecular complexity index is 1180. The van der Waals surface area contributed by atoms with E-state index >= 15 is 0 Å². The van der Waals surface area contributed by atoms with Gasteiger partial charge in [0.15, 0.2) is 0 Å². The third-order valence-corrected chi connectivity index (χ3v) is 5.52. The summed E-state index contributed by atoms with van der Waals surface area (Å²) in [6, 6.07) is 24.5. The number of rotatable bonds is 7. The molecule has 3 aromatic rings. The number of carbonyl (C=O) groups excluding carboxylic acids is 2. The fraction of sp³-hybridized carbons (Fsp3) is 0.214. The van der Waals surface area contributed by atoms with Gasteiger partial charge in [-0.3, -0.25) is 9.59 Å². The van der Waals surface area contributed by atoms with E-state index in [1.165, 1.54) is 4.90 Å². The maximum Gasteiger partial charge on any atom is 0.282 e. The van der Waals surface area contributed by atoms with Crippen LogP contribution in [0.4, 0.5) is 11.4 Å². The maximum atomic E-state index is 13.8. The Balaban J connectivity index is 1.85. The van der Waals surface area contributed by atoms with Crippen LogP contribution in [-0.2, 0) is 9.59 Å². The van der Waals surface area contributed by atoms with Crippen molar-refractivity contribution in [2.45, 2.75) is 33.8 Å². The van der Waals surface area contributed by atoms with Gasteiger partial charge in [-0.15, -0.1) is 0 Å². The van der Waals surface area contributed by atoms with Crippen molar-refractivity contribution < 1.29 is 14.3 Å². The Hall–Kier alpha value is -3.86. The van der Waals surface area contributed by atoms with Crippen LogP contribution in [0.25, 0.3) is 5.57 Å². The Morgan fingerprint density at radius 1 is 0.848 bits per heavy atom. The molecule has 0 radical (unpaired) electrons. The predicted molar refractivity (Wildman–Crippen MR) is 132 cm³/mol. The monoisotopic (exact) mass is 440 g/mol. The van der Waals surface area contributed by atoms with Crippen molar-refractivity contribution in [3.05, 3.63) is 95.7 Å². The highest BCUT2D eigenvalue weighted by atomic mass is 16.5. The fourth-order valence-electron chi connectivity index (χ4n) is 4.01. The van der Waals surface area contributed by atoms with Gasteiger partial charge in [0, 0.05) is 12.2 Å². The van der Waals surface area contributed by atoms with Gasteiger partial charge in [-0.1, -0.05) is 48.0 Å². The Labute approximate surface area is 194 Å². The topological polar surface area (TPSA) is 49.9 Å². The van der Waals surface area contributed by atoms with E-state index in [0.717, 1.165) is 17.0 Å². The average molecular weight is 441 g/mol. The third kappa shape index (κ3) is 4.40. The first-order valence-electron chi connectivity index (χ1n) is 11.2. The molecule has 1 heterocycles. The van der Waals surface area contributed by atoms with Crippen molar-refractivity contribution in [2.24, 2.45) is 0 Å². The fourth-order valence-corrected chi connectivity index (χ4v) is 4.01. The van der Waals surface area contributed by atoms with Crippen LogP contribution in [0.1, 0.15) is 31.9 Å². The smallest absolute Gasteiger partial charge is 0.282 e. The number of carbonyl (C=O) groups is 2. The maximum absolute atomic E-state index is 13.8. The number of amides is 2. The second-order valence-electron chi connectivity index (χ2n) is 8.28. The molecule has 0 aliphatic carbocycles. The molecule has 0 N–H and O–H groups in total. The molecule has 1 aliphatic rings. The lowest BCUT2D eigenvalue weighted by atomic mass is 10.0. The molecule has 5 heteroatoms. The van der Waals surface area contributed by atoms with Gasteiger partial charge in [0.25, 0.3) is 11.8 Å². The van der Waals surface area contributed by atoms with Gasteiger partial charge in [-0.05, 0) is 69.7 Å². The number of anilines is 2. The first-order chi connectivity index (χ1) is 15.9. The number of nitrogens with zero attached hydrogens (tertiary/aromatic N) is 2. The van der Waals surface area contributed by atoms with E-state index in [1.807, 2.05) is 111 Å². The third-order valence-electron chi connectivity index (χ3n) is 5.52. The zero-order valence-corrected chi connectivity index (χ0v) is 19.4. The van der Waals surface area contributed by atoms with Crippen molar-refractivity contribution in [2.75, 3.05) is 16.3 Å². The van der Waals surface area contributed by atoms with Crippen LogP contribution in [0.2, 0.25) is 0 Å². The molecule has 0 saturated heterocycles. The molecule has 0 saturated carbocycles. The molecule has 3 aromatic carbocycles. The number of hydrogen-bond acceptors (Lipinski definition) is 4. The van der Waals surface area contributed by atoms with Gasteiger partial charge in [0.05, 0.1) is 17.4 Å². The predicted octanol–water partition coefficient (Wildman–Crippen LogP) is 5.59. The van der Waals surface area contributed by atoms with E-state index in [4.69, 9.17) is 4.74 Å². The molecular weight excluding hydrogens is 412 g/mol. The quantitative estimate of drug-likeness (QED) is 0.449. The van der Waals surface area contributed by atoms with Gasteiger partial charge >= 0.3 is 0 Å². The minimum atomic E-state index is -0.328. The van der Waals surface area contributed by atoms with Crippen molar-refractivity contribution in [1.29, 1.82) is 0 Å². The molecule has 168 valence electrons. The van der Waals surface area contributed by atoms with Crippen molar-refractivity contribution in [1.82, 2.24) is 0 Å². The van der Waals surface area contributed by atoms with Gasteiger partial charge in [0.2, 0.25) is 0 Å². The summed E-state index contributed by atoms with van der Waals surface area (Å²) in [5, 5.41) is 0. The molecule has 1 aliphatic heterocycles. The molecule has 0 atom stereocenters. The Kier molecular flexibility index (Phi) is 6.31. The second-order valence-corrected chi connectivity index (χ2v) is 8.28. The highest BCUT2D eigenvalue weighted by Crippen LogP contribution is 2.37. The van der Waals surface area contributed by atoms with Crippen LogP contribution in [0.15, 0.2) is 84.6 Å². The van der Waals surface area contributed by atoms with Gasteiger partial charge in [-0.2, -0.15) is 0 Å². The van der Waals surface area contributed by atoms with Gasteiger partial charge in [-0.25, -0.2) is 4.90 Å². The summed E-state index contributed by atoms with van der Waals surface area (Å²) in [6.45, 7) is 8.42. The van der Waals surface area contributed by atoms with E-state index in [0.29, 0.717) is 29.1 Å². The Morgan fingerprint density at radius 3 is 2.06 bits per heavy atom. The highest BCUT2D eigenvalue weighted by molar-refractivity contribution is 6.46. The lowest BCUT2D eigenvalue weighted by Crippen LogP contribution is -2.35. The van der Waals surface area contributed by atoms with E-state index in [-0.39, 0.29) is 17.9 Å². The van der Waals surface area contributed by atoms with Crippen LogP contribution in [0.5, 0.6) is 5.75 Å². The zero-order chi connectivity index (χ0) is 23.5. The van der Waals surface area contributed by atoms with E-state index in [2.05, 4.69) is 0 Å². The summed E-state index contributed by atoms with van der Waals surface area (Å²) < 4.78 is 5.76. The molecule has 0 spiro atoms. The molecule has 2 amide bonds. The number of ether oxygens (including phenoxy) is 1. The normalized spacial score (nSPS) is 13.8. The number of aryl methyl sites for hydroxylation is 1. The molecule has 33 heavy (non-hydrogen) atoms. The number of likely N-dealkylation sites (N-methyl/N-ethyl adjacent to an activating group) is 1. The van der Waals surface area contributed by atoms with Crippen LogP contribution < -0.4 is 14.5 Å². The number of para-hydroxylation sites is 1. The van der Waals surface area contributed by atoms with Crippen molar-refractivity contribution in [3.8, 4) is 5.75 Å². The summed E-state index contributed by atoms with van der Waals surface area (Å²) in [5.74, 6) is 0.0660. The van der Waals surface area contributed by atoms with E-state index in [1.54, 1.807) is 0 Å². The van der Waals surface area contributed by atoms with Gasteiger partial charge < -0.3 is 9.64 Å². The summed E-state index contributed by atoms with van der Waals surface area (Å²) in [6.07, 6.45) is 0.0472. The summed E-state index contributed by atoms with van der Waals surface area (Å²) in [7, 11) is 0. The van der Waals surface area contributed by atoms with E-state index < -0.39 is 0 Å². The number of benzene rings is 3. The highest BCUT2D eigenvalue weighted by Gasteiger charge is 2.42. The number of hydrogen-bond donors (Lipinski definition) is 0. The van der Waals surface area contributed by atoms with Crippen LogP contribution in [0.3, 0.4) is 0 Å². The number of imide groups is 1. The molecule has 0 bridgehead atoms. The van der Waals surface area contributed by atoms with E-state index in [9.17, 15) is 9.59 Å². The molecule has 5 nitrogen and oxygen atoms in total. The SMILES string of the molecule is CCN(C1=C(c2ccc(OC(C)C)cc2)C(=O)N(c2ccc(C)cc2)C1=O)c1ccccc1. The first-order valence-corrected chi connectivity index (χ1v) is 11.2. The minimum absolute atomic E-state index is 0.0472. The van der Waals surface area contributed by atoms with Crippen LogP contribution in [-0.4, -0.2) is 24.5 Å². The van der Waals surface area contributed by atoms with Crippen LogP contribution in [0, 0.1) is 6.92 Å². The molecular formula is C28H28N2O3. The molecule has 0 fully saturated rings. The molecule has 0 unspecified atom stereocenters. The summed E-state index contributed by atoms with van der Waals surface area (Å²) >= 11 is 0. The Morgan fingerprint density at radius 2 is 1.48 bits per heavy atom. The average Bonchev–Trinajstić information content (AvgIpc) is 3.06. The summed E-state index contributed by atoms with van der Waals surface area (Å²) in [5.41, 5.74) is 3.94. The van der Waals surface area contributed by atoms with Crippen molar-refractivity contribution in [3.63, 3.8) is 0 Å². The molecule has 0 aromatic heterocycles. The minimum Gasteiger partial charge on any atom is -0.491 e. The first kappa shape index (κ1) is 22.3. The van der Waals surface area contributed by atoms with Crippen molar-refractivity contribution >= 4 is 28.8 Å². The lowest BCUT2D eigenvalue weighted by Gasteiger charge is -2.25. The standard InChI is InChI=1S/C28H28N2O3/c1-5-29(22-9-7-6-8-10-22)26-25(21-13-17-24(18-14-21)33-19(2)3)27(31)30(28(26)32)23-15-11-20(4)12-16-23/h6-19H,5H2,1-4H3. The largest absolute Gasteiger partial charge is 0.491 e. The zero-order valence-electron chi connectivity index (χ0n) is 19.4. The van der Waals surface area contributed by atoms with Gasteiger partial charge in [0.1, 0.15) is 11.4 Å². The molecule has 4 rings (SSSR count). The lowest BCUT2D eigenvalue weighted by molar-refractivity contribution is -0.120. The second kappa shape index (κ2) is 9.33. The van der Waals surface area contributed by atoms with Crippen LogP contribution >= 0.6 is 0 Å². The summed E-state index contributed by atoms with van der Waals surface area (Å²) in [4.78, 5) is 30.6.